The largest absolute Gasteiger partial charge is 0.290 e. The Morgan fingerprint density at radius 1 is 1.39 bits per heavy atom. The molecule has 0 bridgehead atoms. The summed E-state index contributed by atoms with van der Waals surface area (Å²) in [6.07, 6.45) is 6.12. The average Bonchev–Trinajstić information content (AvgIpc) is 3.04. The third-order valence-electron chi connectivity index (χ3n) is 4.75. The molecule has 1 N–H and O–H groups in total. The Morgan fingerprint density at radius 3 is 2.74 bits per heavy atom. The van der Waals surface area contributed by atoms with Crippen molar-refractivity contribution in [2.24, 2.45) is 16.4 Å². The molecule has 1 fully saturated rings. The summed E-state index contributed by atoms with van der Waals surface area (Å²) < 4.78 is 1.83. The second-order valence-electron chi connectivity index (χ2n) is 7.36. The molecule has 3 rings (SSSR count). The van der Waals surface area contributed by atoms with Crippen molar-refractivity contribution in [1.82, 2.24) is 14.8 Å². The number of amides is 1. The number of carbonyl (C=O) groups excluding carboxylic acids is 1. The summed E-state index contributed by atoms with van der Waals surface area (Å²) in [4.78, 5) is 17.7. The van der Waals surface area contributed by atoms with E-state index in [1.54, 1.807) is 0 Å². The predicted octanol–water partition coefficient (Wildman–Crippen LogP) is 4.03. The van der Waals surface area contributed by atoms with Crippen LogP contribution in [0.4, 0.5) is 0 Å². The van der Waals surface area contributed by atoms with Crippen molar-refractivity contribution >= 4 is 27.9 Å². The molecule has 0 aromatic carbocycles. The molecule has 124 valence electrons. The lowest BCUT2D eigenvalue weighted by atomic mass is 9.72. The summed E-state index contributed by atoms with van der Waals surface area (Å²) in [5.41, 5.74) is 5.50. The summed E-state index contributed by atoms with van der Waals surface area (Å²) in [5.74, 6) is 0.554. The molecular weight excluding hydrogens is 308 g/mol. The lowest BCUT2D eigenvalue weighted by molar-refractivity contribution is 0.0947. The maximum Gasteiger partial charge on any atom is 0.290 e. The van der Waals surface area contributed by atoms with Crippen LogP contribution < -0.4 is 5.43 Å². The van der Waals surface area contributed by atoms with E-state index in [0.29, 0.717) is 11.1 Å². The van der Waals surface area contributed by atoms with Gasteiger partial charge in [0.05, 0.1) is 5.69 Å². The highest BCUT2D eigenvalue weighted by molar-refractivity contribution is 7.15. The zero-order valence-corrected chi connectivity index (χ0v) is 15.0. The normalized spacial score (nSPS) is 19.1. The monoisotopic (exact) mass is 332 g/mol. The number of fused-ring (bicyclic) bond motifs is 1. The second-order valence-corrected chi connectivity index (χ2v) is 8.23. The molecule has 0 aliphatic heterocycles. The van der Waals surface area contributed by atoms with Crippen LogP contribution in [0.25, 0.3) is 4.96 Å². The Morgan fingerprint density at radius 2 is 2.09 bits per heavy atom. The number of hydrogen-bond acceptors (Lipinski definition) is 4. The molecule has 0 radical (unpaired) electrons. The summed E-state index contributed by atoms with van der Waals surface area (Å²) in [5, 5.41) is 6.30. The van der Waals surface area contributed by atoms with E-state index in [9.17, 15) is 4.79 Å². The van der Waals surface area contributed by atoms with Gasteiger partial charge in [0.15, 0.2) is 4.96 Å². The number of aryl methyl sites for hydroxylation is 1. The van der Waals surface area contributed by atoms with Gasteiger partial charge in [0.2, 0.25) is 0 Å². The van der Waals surface area contributed by atoms with E-state index in [1.165, 1.54) is 11.3 Å². The summed E-state index contributed by atoms with van der Waals surface area (Å²) in [6.45, 7) is 8.76. The van der Waals surface area contributed by atoms with Gasteiger partial charge in [0.25, 0.3) is 5.91 Å². The first-order valence-corrected chi connectivity index (χ1v) is 9.02. The third kappa shape index (κ3) is 3.32. The molecule has 1 aliphatic carbocycles. The van der Waals surface area contributed by atoms with Crippen LogP contribution in [0, 0.1) is 18.3 Å². The van der Waals surface area contributed by atoms with Crippen LogP contribution in [-0.4, -0.2) is 21.0 Å². The van der Waals surface area contributed by atoms with Crippen LogP contribution in [0.15, 0.2) is 16.7 Å². The van der Waals surface area contributed by atoms with Gasteiger partial charge in [-0.25, -0.2) is 10.4 Å². The molecular formula is C17H24N4OS. The molecule has 0 spiro atoms. The average molecular weight is 332 g/mol. The highest BCUT2D eigenvalue weighted by atomic mass is 32.1. The van der Waals surface area contributed by atoms with E-state index in [0.717, 1.165) is 48.0 Å². The van der Waals surface area contributed by atoms with Gasteiger partial charge in [-0.05, 0) is 43.9 Å². The SMILES string of the molecule is Cc1nc2sccn2c1C(=O)NN=C1CCC(C(C)(C)C)CC1. The number of thiazole rings is 1. The maximum absolute atomic E-state index is 12.4. The zero-order valence-electron chi connectivity index (χ0n) is 14.2. The van der Waals surface area contributed by atoms with Crippen molar-refractivity contribution in [3.8, 4) is 0 Å². The molecule has 0 atom stereocenters. The van der Waals surface area contributed by atoms with Crippen molar-refractivity contribution in [3.63, 3.8) is 0 Å². The quantitative estimate of drug-likeness (QED) is 0.844. The van der Waals surface area contributed by atoms with Crippen molar-refractivity contribution < 1.29 is 4.79 Å². The highest BCUT2D eigenvalue weighted by Crippen LogP contribution is 2.36. The van der Waals surface area contributed by atoms with Crippen LogP contribution in [0.5, 0.6) is 0 Å². The summed E-state index contributed by atoms with van der Waals surface area (Å²) in [7, 11) is 0. The van der Waals surface area contributed by atoms with Crippen molar-refractivity contribution in [3.05, 3.63) is 23.0 Å². The fourth-order valence-electron chi connectivity index (χ4n) is 3.28. The predicted molar refractivity (Wildman–Crippen MR) is 94.1 cm³/mol. The number of hydrogen-bond donors (Lipinski definition) is 1. The Hall–Kier alpha value is -1.69. The van der Waals surface area contributed by atoms with Crippen LogP contribution in [0.2, 0.25) is 0 Å². The van der Waals surface area contributed by atoms with Crippen LogP contribution in [0.1, 0.15) is 62.6 Å². The first-order valence-electron chi connectivity index (χ1n) is 8.14. The molecule has 23 heavy (non-hydrogen) atoms. The number of imidazole rings is 1. The number of carbonyl (C=O) groups is 1. The number of rotatable bonds is 2. The van der Waals surface area contributed by atoms with Gasteiger partial charge in [-0.3, -0.25) is 9.20 Å². The van der Waals surface area contributed by atoms with Gasteiger partial charge in [0, 0.05) is 17.3 Å². The Kier molecular flexibility index (Phi) is 4.27. The molecule has 2 heterocycles. The molecule has 1 aliphatic rings. The first kappa shape index (κ1) is 16.2. The molecule has 1 amide bonds. The number of aromatic nitrogens is 2. The van der Waals surface area contributed by atoms with Gasteiger partial charge < -0.3 is 0 Å². The van der Waals surface area contributed by atoms with Gasteiger partial charge in [-0.2, -0.15) is 5.10 Å². The van der Waals surface area contributed by atoms with Gasteiger partial charge in [0.1, 0.15) is 5.69 Å². The first-order chi connectivity index (χ1) is 10.9. The van der Waals surface area contributed by atoms with E-state index in [2.05, 4.69) is 36.3 Å². The minimum Gasteiger partial charge on any atom is -0.286 e. The van der Waals surface area contributed by atoms with Gasteiger partial charge in [-0.15, -0.1) is 11.3 Å². The minimum atomic E-state index is -0.182. The molecule has 2 aromatic heterocycles. The Labute approximate surface area is 140 Å². The molecule has 0 saturated heterocycles. The molecule has 0 unspecified atom stereocenters. The topological polar surface area (TPSA) is 58.8 Å². The lowest BCUT2D eigenvalue weighted by Crippen LogP contribution is -2.28. The minimum absolute atomic E-state index is 0.182. The van der Waals surface area contributed by atoms with Crippen LogP contribution in [0.3, 0.4) is 0 Å². The molecule has 2 aromatic rings. The van der Waals surface area contributed by atoms with Crippen LogP contribution >= 0.6 is 11.3 Å². The fourth-order valence-corrected chi connectivity index (χ4v) is 4.04. The third-order valence-corrected chi connectivity index (χ3v) is 5.51. The Bertz CT molecular complexity index is 740. The number of nitrogens with one attached hydrogen (secondary N) is 1. The van der Waals surface area contributed by atoms with E-state index in [-0.39, 0.29) is 5.91 Å². The second kappa shape index (κ2) is 6.07. The fraction of sp³-hybridized carbons (Fsp3) is 0.588. The number of nitrogens with zero attached hydrogens (tertiary/aromatic N) is 3. The Balaban J connectivity index is 1.66. The molecule has 6 heteroatoms. The smallest absolute Gasteiger partial charge is 0.286 e. The molecule has 1 saturated carbocycles. The zero-order chi connectivity index (χ0) is 16.6. The van der Waals surface area contributed by atoms with Crippen molar-refractivity contribution in [2.75, 3.05) is 0 Å². The standard InChI is InChI=1S/C17H24N4OS/c1-11-14(21-9-10-23-16(21)18-11)15(22)20-19-13-7-5-12(6-8-13)17(2,3)4/h9-10,12H,5-8H2,1-4H3,(H,20,22). The van der Waals surface area contributed by atoms with E-state index < -0.39 is 0 Å². The van der Waals surface area contributed by atoms with Crippen molar-refractivity contribution in [1.29, 1.82) is 0 Å². The van der Waals surface area contributed by atoms with Crippen LogP contribution in [-0.2, 0) is 0 Å². The van der Waals surface area contributed by atoms with Crippen molar-refractivity contribution in [2.45, 2.75) is 53.4 Å². The van der Waals surface area contributed by atoms with Gasteiger partial charge >= 0.3 is 0 Å². The highest BCUT2D eigenvalue weighted by Gasteiger charge is 2.28. The summed E-state index contributed by atoms with van der Waals surface area (Å²) >= 11 is 1.52. The molecule has 5 nitrogen and oxygen atoms in total. The maximum atomic E-state index is 12.4. The van der Waals surface area contributed by atoms with E-state index in [1.807, 2.05) is 22.9 Å². The van der Waals surface area contributed by atoms with E-state index >= 15 is 0 Å². The number of hydrazone groups is 1. The lowest BCUT2D eigenvalue weighted by Gasteiger charge is -2.34. The van der Waals surface area contributed by atoms with Gasteiger partial charge in [-0.1, -0.05) is 20.8 Å². The van der Waals surface area contributed by atoms with E-state index in [4.69, 9.17) is 0 Å². The summed E-state index contributed by atoms with van der Waals surface area (Å²) in [6, 6.07) is 0.